The molecule has 0 atom stereocenters. The van der Waals surface area contributed by atoms with Gasteiger partial charge in [-0.15, -0.1) is 11.3 Å². The van der Waals surface area contributed by atoms with Gasteiger partial charge in [0.1, 0.15) is 16.8 Å². The average Bonchev–Trinajstić information content (AvgIpc) is 3.42. The zero-order valence-corrected chi connectivity index (χ0v) is 19.9. The standard InChI is InChI=1S/C25H30N4O3S/c1-32-19-8-5-18(6-9-19)7-10-24(31)29-15-13-28(14-16-29)12-11-23(30)27-25-21(17-26)20-3-2-4-22(20)33-25/h5-6,8-9H,2-4,7,10-16H2,1H3,(H,27,30). The zero-order chi connectivity index (χ0) is 23.2. The zero-order valence-electron chi connectivity index (χ0n) is 19.1. The van der Waals surface area contributed by atoms with Crippen molar-refractivity contribution in [2.75, 3.05) is 45.2 Å². The van der Waals surface area contributed by atoms with Gasteiger partial charge in [0, 0.05) is 50.4 Å². The highest BCUT2D eigenvalue weighted by Crippen LogP contribution is 2.38. The van der Waals surface area contributed by atoms with Gasteiger partial charge in [-0.1, -0.05) is 12.1 Å². The number of benzene rings is 1. The molecule has 0 bridgehead atoms. The molecule has 1 fully saturated rings. The molecule has 4 rings (SSSR count). The fourth-order valence-corrected chi connectivity index (χ4v) is 5.74. The van der Waals surface area contributed by atoms with Crippen LogP contribution in [0.2, 0.25) is 0 Å². The average molecular weight is 467 g/mol. The summed E-state index contributed by atoms with van der Waals surface area (Å²) >= 11 is 1.55. The van der Waals surface area contributed by atoms with Crippen molar-refractivity contribution in [3.63, 3.8) is 0 Å². The fourth-order valence-electron chi connectivity index (χ4n) is 4.48. The Balaban J connectivity index is 1.17. The van der Waals surface area contributed by atoms with E-state index in [2.05, 4.69) is 16.3 Å². The highest BCUT2D eigenvalue weighted by Gasteiger charge is 2.24. The van der Waals surface area contributed by atoms with E-state index in [0.29, 0.717) is 43.0 Å². The number of hydrogen-bond acceptors (Lipinski definition) is 6. The van der Waals surface area contributed by atoms with Crippen LogP contribution in [0.3, 0.4) is 0 Å². The first-order valence-electron chi connectivity index (χ1n) is 11.5. The second-order valence-corrected chi connectivity index (χ2v) is 9.65. The molecule has 2 amide bonds. The Morgan fingerprint density at radius 1 is 1.12 bits per heavy atom. The third kappa shape index (κ3) is 5.73. The van der Waals surface area contributed by atoms with Crippen LogP contribution in [-0.4, -0.2) is 61.4 Å². The third-order valence-corrected chi connectivity index (χ3v) is 7.66. The van der Waals surface area contributed by atoms with E-state index in [1.165, 1.54) is 4.88 Å². The van der Waals surface area contributed by atoms with Crippen LogP contribution in [0, 0.1) is 11.3 Å². The van der Waals surface area contributed by atoms with Gasteiger partial charge in [-0.2, -0.15) is 5.26 Å². The van der Waals surface area contributed by atoms with E-state index in [1.54, 1.807) is 18.4 Å². The van der Waals surface area contributed by atoms with Gasteiger partial charge in [0.05, 0.1) is 12.7 Å². The van der Waals surface area contributed by atoms with Crippen molar-refractivity contribution in [2.45, 2.75) is 38.5 Å². The van der Waals surface area contributed by atoms with Crippen LogP contribution < -0.4 is 10.1 Å². The molecule has 1 aromatic carbocycles. The number of piperazine rings is 1. The van der Waals surface area contributed by atoms with Crippen molar-refractivity contribution in [1.29, 1.82) is 5.26 Å². The number of ether oxygens (including phenoxy) is 1. The van der Waals surface area contributed by atoms with E-state index in [9.17, 15) is 14.9 Å². The summed E-state index contributed by atoms with van der Waals surface area (Å²) in [6.45, 7) is 3.60. The van der Waals surface area contributed by atoms with Crippen LogP contribution in [0.1, 0.15) is 40.8 Å². The smallest absolute Gasteiger partial charge is 0.226 e. The number of carbonyl (C=O) groups excluding carboxylic acids is 2. The maximum absolute atomic E-state index is 12.6. The Hall–Kier alpha value is -2.89. The van der Waals surface area contributed by atoms with Gasteiger partial charge in [-0.05, 0) is 48.9 Å². The summed E-state index contributed by atoms with van der Waals surface area (Å²) in [5.41, 5.74) is 2.91. The highest BCUT2D eigenvalue weighted by molar-refractivity contribution is 7.16. The topological polar surface area (TPSA) is 85.7 Å². The lowest BCUT2D eigenvalue weighted by molar-refractivity contribution is -0.133. The first kappa shape index (κ1) is 23.3. The minimum atomic E-state index is -0.0515. The minimum absolute atomic E-state index is 0.0515. The van der Waals surface area contributed by atoms with Gasteiger partial charge in [0.2, 0.25) is 11.8 Å². The highest BCUT2D eigenvalue weighted by atomic mass is 32.1. The maximum atomic E-state index is 12.6. The van der Waals surface area contributed by atoms with Crippen LogP contribution in [0.5, 0.6) is 5.75 Å². The van der Waals surface area contributed by atoms with E-state index >= 15 is 0 Å². The second-order valence-electron chi connectivity index (χ2n) is 8.54. The largest absolute Gasteiger partial charge is 0.497 e. The fraction of sp³-hybridized carbons (Fsp3) is 0.480. The molecule has 1 aromatic heterocycles. The number of fused-ring (bicyclic) bond motifs is 1. The molecule has 0 radical (unpaired) electrons. The van der Waals surface area contributed by atoms with Crippen LogP contribution in [-0.2, 0) is 28.9 Å². The van der Waals surface area contributed by atoms with E-state index in [0.717, 1.165) is 55.6 Å². The predicted molar refractivity (Wildman–Crippen MR) is 129 cm³/mol. The lowest BCUT2D eigenvalue weighted by atomic mass is 10.1. The molecule has 0 saturated carbocycles. The minimum Gasteiger partial charge on any atom is -0.497 e. The van der Waals surface area contributed by atoms with Crippen LogP contribution >= 0.6 is 11.3 Å². The third-order valence-electron chi connectivity index (χ3n) is 6.45. The molecular formula is C25H30N4O3S. The lowest BCUT2D eigenvalue weighted by Crippen LogP contribution is -2.49. The van der Waals surface area contributed by atoms with Crippen molar-refractivity contribution in [2.24, 2.45) is 0 Å². The van der Waals surface area contributed by atoms with Crippen LogP contribution in [0.15, 0.2) is 24.3 Å². The first-order valence-corrected chi connectivity index (χ1v) is 12.4. The summed E-state index contributed by atoms with van der Waals surface area (Å²) in [5.74, 6) is 0.946. The van der Waals surface area contributed by atoms with E-state index in [-0.39, 0.29) is 11.8 Å². The molecule has 7 nitrogen and oxygen atoms in total. The number of aryl methyl sites for hydroxylation is 2. The molecule has 33 heavy (non-hydrogen) atoms. The number of methoxy groups -OCH3 is 1. The molecule has 2 heterocycles. The monoisotopic (exact) mass is 466 g/mol. The first-order chi connectivity index (χ1) is 16.1. The SMILES string of the molecule is COc1ccc(CCC(=O)N2CCN(CCC(=O)Nc3sc4c(c3C#N)CCC4)CC2)cc1. The summed E-state index contributed by atoms with van der Waals surface area (Å²) in [6, 6.07) is 10.1. The quantitative estimate of drug-likeness (QED) is 0.646. The van der Waals surface area contributed by atoms with E-state index in [4.69, 9.17) is 4.74 Å². The molecule has 0 unspecified atom stereocenters. The van der Waals surface area contributed by atoms with Gasteiger partial charge in [0.15, 0.2) is 0 Å². The summed E-state index contributed by atoms with van der Waals surface area (Å²) in [4.78, 5) is 30.5. The number of carbonyl (C=O) groups is 2. The van der Waals surface area contributed by atoms with Crippen LogP contribution in [0.4, 0.5) is 5.00 Å². The van der Waals surface area contributed by atoms with Gasteiger partial charge in [-0.3, -0.25) is 14.5 Å². The van der Waals surface area contributed by atoms with Gasteiger partial charge < -0.3 is 15.0 Å². The Morgan fingerprint density at radius 3 is 2.58 bits per heavy atom. The normalized spacial score (nSPS) is 15.7. The summed E-state index contributed by atoms with van der Waals surface area (Å²) in [7, 11) is 1.64. The van der Waals surface area contributed by atoms with Crippen molar-refractivity contribution in [1.82, 2.24) is 9.80 Å². The molecule has 174 valence electrons. The van der Waals surface area contributed by atoms with Crippen molar-refractivity contribution >= 4 is 28.2 Å². The summed E-state index contributed by atoms with van der Waals surface area (Å²) < 4.78 is 5.17. The number of nitrogens with one attached hydrogen (secondary N) is 1. The molecule has 1 N–H and O–H groups in total. The number of rotatable bonds is 8. The van der Waals surface area contributed by atoms with E-state index < -0.39 is 0 Å². The molecule has 8 heteroatoms. The molecule has 1 aliphatic heterocycles. The number of amides is 2. The molecular weight excluding hydrogens is 436 g/mol. The molecule has 1 saturated heterocycles. The van der Waals surface area contributed by atoms with Crippen LogP contribution in [0.25, 0.3) is 0 Å². The van der Waals surface area contributed by atoms with Gasteiger partial charge >= 0.3 is 0 Å². The van der Waals surface area contributed by atoms with Gasteiger partial charge in [0.25, 0.3) is 0 Å². The Kier molecular flexibility index (Phi) is 7.63. The number of thiophene rings is 1. The molecule has 0 spiro atoms. The number of nitrogens with zero attached hydrogens (tertiary/aromatic N) is 3. The number of anilines is 1. The Morgan fingerprint density at radius 2 is 1.88 bits per heavy atom. The second kappa shape index (κ2) is 10.8. The summed E-state index contributed by atoms with van der Waals surface area (Å²) in [5, 5.41) is 13.1. The molecule has 2 aliphatic rings. The van der Waals surface area contributed by atoms with Crippen molar-refractivity contribution in [3.8, 4) is 11.8 Å². The number of hydrogen-bond donors (Lipinski definition) is 1. The molecule has 2 aromatic rings. The summed E-state index contributed by atoms with van der Waals surface area (Å²) in [6.07, 6.45) is 4.65. The number of nitriles is 1. The predicted octanol–water partition coefficient (Wildman–Crippen LogP) is 3.22. The van der Waals surface area contributed by atoms with Crippen molar-refractivity contribution in [3.05, 3.63) is 45.8 Å². The lowest BCUT2D eigenvalue weighted by Gasteiger charge is -2.34. The molecule has 1 aliphatic carbocycles. The van der Waals surface area contributed by atoms with Gasteiger partial charge in [-0.25, -0.2) is 0 Å². The van der Waals surface area contributed by atoms with E-state index in [1.807, 2.05) is 29.2 Å². The Labute approximate surface area is 198 Å². The Bertz CT molecular complexity index is 1030. The van der Waals surface area contributed by atoms with Crippen molar-refractivity contribution < 1.29 is 14.3 Å². The maximum Gasteiger partial charge on any atom is 0.226 e.